The molecule has 1 atom stereocenters. The maximum Gasteiger partial charge on any atom is 0.203 e. The summed E-state index contributed by atoms with van der Waals surface area (Å²) in [6.07, 6.45) is 5.59. The molecule has 1 fully saturated rings. The smallest absolute Gasteiger partial charge is 0.203 e. The van der Waals surface area contributed by atoms with Crippen molar-refractivity contribution in [2.75, 3.05) is 6.61 Å². The topological polar surface area (TPSA) is 26.3 Å². The zero-order valence-corrected chi connectivity index (χ0v) is 12.2. The van der Waals surface area contributed by atoms with Gasteiger partial charge >= 0.3 is 0 Å². The Labute approximate surface area is 117 Å². The van der Waals surface area contributed by atoms with Crippen LogP contribution in [0.4, 0.5) is 0 Å². The maximum absolute atomic E-state index is 12.5. The van der Waals surface area contributed by atoms with Crippen molar-refractivity contribution in [3.8, 4) is 0 Å². The Morgan fingerprint density at radius 1 is 1.50 bits per heavy atom. The van der Waals surface area contributed by atoms with Gasteiger partial charge in [-0.15, -0.1) is 11.3 Å². The summed E-state index contributed by atoms with van der Waals surface area (Å²) in [7, 11) is 0. The van der Waals surface area contributed by atoms with Crippen molar-refractivity contribution in [3.63, 3.8) is 0 Å². The quantitative estimate of drug-likeness (QED) is 0.741. The van der Waals surface area contributed by atoms with Crippen LogP contribution in [0, 0.1) is 5.92 Å². The minimum Gasteiger partial charge on any atom is -0.370 e. The van der Waals surface area contributed by atoms with E-state index in [0.717, 1.165) is 12.8 Å². The standard InChI is InChI=1S/C14H19ClO2S/c1-2-17-13(10-6-4-3-5-7-10)12(16)14-11(15)8-9-18-14/h8-10,13H,2-7H2,1H3. The largest absolute Gasteiger partial charge is 0.370 e. The van der Waals surface area contributed by atoms with Gasteiger partial charge in [-0.05, 0) is 37.1 Å². The normalized spacial score (nSPS) is 18.8. The van der Waals surface area contributed by atoms with Gasteiger partial charge in [-0.1, -0.05) is 30.9 Å². The van der Waals surface area contributed by atoms with E-state index in [1.54, 1.807) is 6.07 Å². The molecular weight excluding hydrogens is 268 g/mol. The Balaban J connectivity index is 2.13. The molecule has 0 aromatic carbocycles. The van der Waals surface area contributed by atoms with Crippen molar-refractivity contribution in [2.45, 2.75) is 45.1 Å². The molecule has 4 heteroatoms. The van der Waals surface area contributed by atoms with Crippen LogP contribution in [0.2, 0.25) is 5.02 Å². The summed E-state index contributed by atoms with van der Waals surface area (Å²) >= 11 is 7.47. The third-order valence-corrected chi connectivity index (χ3v) is 4.88. The maximum atomic E-state index is 12.5. The van der Waals surface area contributed by atoms with E-state index in [-0.39, 0.29) is 11.9 Å². The van der Waals surface area contributed by atoms with Gasteiger partial charge in [0.1, 0.15) is 6.10 Å². The molecule has 100 valence electrons. The van der Waals surface area contributed by atoms with Gasteiger partial charge < -0.3 is 4.74 Å². The summed E-state index contributed by atoms with van der Waals surface area (Å²) in [4.78, 5) is 13.2. The Hall–Kier alpha value is -0.380. The lowest BCUT2D eigenvalue weighted by Gasteiger charge is -2.28. The average Bonchev–Trinajstić information content (AvgIpc) is 2.82. The van der Waals surface area contributed by atoms with Crippen LogP contribution in [0.5, 0.6) is 0 Å². The molecule has 1 saturated carbocycles. The Kier molecular flexibility index (Phi) is 5.22. The molecule has 0 radical (unpaired) electrons. The monoisotopic (exact) mass is 286 g/mol. The third kappa shape index (κ3) is 3.14. The molecule has 2 rings (SSSR count). The fraction of sp³-hybridized carbons (Fsp3) is 0.643. The molecular formula is C14H19ClO2S. The molecule has 2 nitrogen and oxygen atoms in total. The highest BCUT2D eigenvalue weighted by Crippen LogP contribution is 2.32. The van der Waals surface area contributed by atoms with Crippen molar-refractivity contribution in [1.29, 1.82) is 0 Å². The van der Waals surface area contributed by atoms with Crippen LogP contribution in [0.15, 0.2) is 11.4 Å². The average molecular weight is 287 g/mol. The number of thiophene rings is 1. The number of ether oxygens (including phenoxy) is 1. The van der Waals surface area contributed by atoms with Crippen LogP contribution < -0.4 is 0 Å². The molecule has 1 aliphatic rings. The summed E-state index contributed by atoms with van der Waals surface area (Å²) in [5.74, 6) is 0.438. The summed E-state index contributed by atoms with van der Waals surface area (Å²) in [6.45, 7) is 2.52. The van der Waals surface area contributed by atoms with Gasteiger partial charge in [0.05, 0.1) is 9.90 Å². The van der Waals surface area contributed by atoms with Crippen LogP contribution in [0.25, 0.3) is 0 Å². The number of halogens is 1. The Bertz CT molecular complexity index is 396. The van der Waals surface area contributed by atoms with Gasteiger partial charge in [-0.3, -0.25) is 4.79 Å². The van der Waals surface area contributed by atoms with Crippen LogP contribution in [0.1, 0.15) is 48.7 Å². The molecule has 0 aliphatic heterocycles. The van der Waals surface area contributed by atoms with E-state index in [2.05, 4.69) is 0 Å². The molecule has 1 aliphatic carbocycles. The first-order valence-corrected chi connectivity index (χ1v) is 7.88. The molecule has 1 heterocycles. The molecule has 0 N–H and O–H groups in total. The Morgan fingerprint density at radius 2 is 2.22 bits per heavy atom. The molecule has 0 saturated heterocycles. The summed E-state index contributed by atoms with van der Waals surface area (Å²) < 4.78 is 5.72. The number of ketones is 1. The number of Topliss-reactive ketones (excluding diaryl/α,β-unsaturated/α-hetero) is 1. The second-order valence-electron chi connectivity index (χ2n) is 4.74. The molecule has 0 bridgehead atoms. The second-order valence-corrected chi connectivity index (χ2v) is 6.06. The van der Waals surface area contributed by atoms with E-state index in [9.17, 15) is 4.79 Å². The highest BCUT2D eigenvalue weighted by molar-refractivity contribution is 7.12. The minimum atomic E-state index is -0.300. The van der Waals surface area contributed by atoms with Crippen LogP contribution >= 0.6 is 22.9 Å². The summed E-state index contributed by atoms with van der Waals surface area (Å²) in [5.41, 5.74) is 0. The highest BCUT2D eigenvalue weighted by Gasteiger charge is 2.32. The number of hydrogen-bond acceptors (Lipinski definition) is 3. The van der Waals surface area contributed by atoms with E-state index < -0.39 is 0 Å². The molecule has 1 unspecified atom stereocenters. The predicted octanol–water partition coefficient (Wildman–Crippen LogP) is 4.57. The first kappa shape index (κ1) is 14.0. The van der Waals surface area contributed by atoms with Crippen molar-refractivity contribution in [2.24, 2.45) is 5.92 Å². The van der Waals surface area contributed by atoms with E-state index in [0.29, 0.717) is 22.4 Å². The fourth-order valence-corrected chi connectivity index (χ4v) is 3.76. The lowest BCUT2D eigenvalue weighted by Crippen LogP contribution is -2.33. The van der Waals surface area contributed by atoms with Crippen molar-refractivity contribution in [3.05, 3.63) is 21.3 Å². The van der Waals surface area contributed by atoms with E-state index >= 15 is 0 Å². The van der Waals surface area contributed by atoms with E-state index in [1.807, 2.05) is 12.3 Å². The predicted molar refractivity (Wildman–Crippen MR) is 75.6 cm³/mol. The number of carbonyl (C=O) groups excluding carboxylic acids is 1. The summed E-state index contributed by atoms with van der Waals surface area (Å²) in [6, 6.07) is 1.78. The van der Waals surface area contributed by atoms with Gasteiger partial charge in [0.2, 0.25) is 5.78 Å². The first-order chi connectivity index (χ1) is 8.74. The van der Waals surface area contributed by atoms with E-state index in [1.165, 1.54) is 30.6 Å². The Morgan fingerprint density at radius 3 is 2.78 bits per heavy atom. The lowest BCUT2D eigenvalue weighted by atomic mass is 9.83. The van der Waals surface area contributed by atoms with Gasteiger partial charge in [0, 0.05) is 6.61 Å². The van der Waals surface area contributed by atoms with Gasteiger partial charge in [-0.2, -0.15) is 0 Å². The van der Waals surface area contributed by atoms with E-state index in [4.69, 9.17) is 16.3 Å². The van der Waals surface area contributed by atoms with Crippen LogP contribution in [0.3, 0.4) is 0 Å². The van der Waals surface area contributed by atoms with Gasteiger partial charge in [0.15, 0.2) is 0 Å². The molecule has 1 aromatic heterocycles. The minimum absolute atomic E-state index is 0.0729. The number of hydrogen-bond donors (Lipinski definition) is 0. The molecule has 18 heavy (non-hydrogen) atoms. The first-order valence-electron chi connectivity index (χ1n) is 6.62. The zero-order chi connectivity index (χ0) is 13.0. The second kappa shape index (κ2) is 6.69. The summed E-state index contributed by atoms with van der Waals surface area (Å²) in [5, 5.41) is 2.42. The SMILES string of the molecule is CCOC(C(=O)c1sccc1Cl)C1CCCCC1. The van der Waals surface area contributed by atoms with Crippen LogP contribution in [-0.4, -0.2) is 18.5 Å². The zero-order valence-electron chi connectivity index (χ0n) is 10.7. The molecule has 0 spiro atoms. The molecule has 1 aromatic rings. The molecule has 0 amide bonds. The number of carbonyl (C=O) groups is 1. The van der Waals surface area contributed by atoms with Gasteiger partial charge in [0.25, 0.3) is 0 Å². The lowest BCUT2D eigenvalue weighted by molar-refractivity contribution is 0.0130. The highest BCUT2D eigenvalue weighted by atomic mass is 35.5. The van der Waals surface area contributed by atoms with Crippen molar-refractivity contribution in [1.82, 2.24) is 0 Å². The van der Waals surface area contributed by atoms with Crippen molar-refractivity contribution < 1.29 is 9.53 Å². The third-order valence-electron chi connectivity index (χ3n) is 3.52. The van der Waals surface area contributed by atoms with Crippen molar-refractivity contribution >= 4 is 28.7 Å². The number of rotatable bonds is 5. The fourth-order valence-electron chi connectivity index (χ4n) is 2.64. The van der Waals surface area contributed by atoms with Crippen LogP contribution in [-0.2, 0) is 4.74 Å². The van der Waals surface area contributed by atoms with Gasteiger partial charge in [-0.25, -0.2) is 0 Å².